The summed E-state index contributed by atoms with van der Waals surface area (Å²) in [5.74, 6) is 0.398. The number of sulfone groups is 1. The van der Waals surface area contributed by atoms with Gasteiger partial charge in [0.2, 0.25) is 0 Å². The number of aromatic hydroxyl groups is 1. The lowest BCUT2D eigenvalue weighted by molar-refractivity contribution is 0.367. The molecule has 1 unspecified atom stereocenters. The van der Waals surface area contributed by atoms with Crippen LogP contribution < -0.4 is 5.32 Å². The summed E-state index contributed by atoms with van der Waals surface area (Å²) < 4.78 is 24.0. The van der Waals surface area contributed by atoms with Gasteiger partial charge in [-0.15, -0.1) is 0 Å². The average molecular weight is 396 g/mol. The highest BCUT2D eigenvalue weighted by atomic mass is 32.2. The largest absolute Gasteiger partial charge is 0.506 e. The lowest BCUT2D eigenvalue weighted by Gasteiger charge is -2.44. The summed E-state index contributed by atoms with van der Waals surface area (Å²) in [5, 5.41) is 14.5. The van der Waals surface area contributed by atoms with Gasteiger partial charge in [-0.05, 0) is 61.6 Å². The lowest BCUT2D eigenvalue weighted by Crippen LogP contribution is -2.52. The van der Waals surface area contributed by atoms with E-state index in [0.29, 0.717) is 12.8 Å². The maximum atomic E-state index is 12.4. The van der Waals surface area contributed by atoms with E-state index in [1.54, 1.807) is 13.8 Å². The van der Waals surface area contributed by atoms with E-state index in [-0.39, 0.29) is 22.3 Å². The Labute approximate surface area is 165 Å². The topological polar surface area (TPSA) is 66.4 Å². The van der Waals surface area contributed by atoms with Crippen LogP contribution in [0.3, 0.4) is 0 Å². The van der Waals surface area contributed by atoms with Crippen LogP contribution >= 0.6 is 0 Å². The first kappa shape index (κ1) is 22.1. The van der Waals surface area contributed by atoms with E-state index in [2.05, 4.69) is 59.8 Å². The summed E-state index contributed by atoms with van der Waals surface area (Å²) >= 11 is 0. The number of benzene rings is 1. The monoisotopic (exact) mass is 395 g/mol. The first-order chi connectivity index (χ1) is 11.9. The van der Waals surface area contributed by atoms with Crippen LogP contribution in [0, 0.1) is 0 Å². The minimum atomic E-state index is -3.10. The molecule has 1 fully saturated rings. The predicted molar refractivity (Wildman–Crippen MR) is 115 cm³/mol. The minimum Gasteiger partial charge on any atom is -0.506 e. The van der Waals surface area contributed by atoms with Gasteiger partial charge in [0.25, 0.3) is 0 Å². The van der Waals surface area contributed by atoms with Gasteiger partial charge in [0, 0.05) is 5.54 Å². The Morgan fingerprint density at radius 1 is 1.00 bits per heavy atom. The Balaban J connectivity index is 2.53. The summed E-state index contributed by atoms with van der Waals surface area (Å²) in [6, 6.07) is 4.02. The van der Waals surface area contributed by atoms with Crippen LogP contribution in [0.5, 0.6) is 5.75 Å². The normalized spacial score (nSPS) is 25.2. The molecule has 0 bridgehead atoms. The fourth-order valence-corrected chi connectivity index (χ4v) is 5.78. The van der Waals surface area contributed by atoms with Gasteiger partial charge in [-0.3, -0.25) is 0 Å². The summed E-state index contributed by atoms with van der Waals surface area (Å²) in [7, 11) is -3.10. The van der Waals surface area contributed by atoms with Gasteiger partial charge in [0.05, 0.1) is 16.2 Å². The fourth-order valence-electron chi connectivity index (χ4n) is 3.97. The number of phenolic OH excluding ortho intramolecular Hbond substituents is 1. The van der Waals surface area contributed by atoms with Crippen LogP contribution in [0.2, 0.25) is 0 Å². The molecule has 1 aliphatic heterocycles. The van der Waals surface area contributed by atoms with Gasteiger partial charge in [-0.25, -0.2) is 8.42 Å². The first-order valence-corrected chi connectivity index (χ1v) is 11.4. The van der Waals surface area contributed by atoms with Crippen LogP contribution in [-0.4, -0.2) is 29.6 Å². The molecule has 1 atom stereocenters. The molecule has 0 spiro atoms. The molecule has 27 heavy (non-hydrogen) atoms. The zero-order valence-electron chi connectivity index (χ0n) is 18.4. The maximum absolute atomic E-state index is 12.4. The molecule has 0 aliphatic carbocycles. The first-order valence-electron chi connectivity index (χ1n) is 9.77. The van der Waals surface area contributed by atoms with Crippen molar-refractivity contribution < 1.29 is 13.5 Å². The maximum Gasteiger partial charge on any atom is 0.155 e. The van der Waals surface area contributed by atoms with E-state index in [0.717, 1.165) is 16.8 Å². The van der Waals surface area contributed by atoms with E-state index in [4.69, 9.17) is 0 Å². The van der Waals surface area contributed by atoms with Crippen molar-refractivity contribution in [3.05, 3.63) is 23.3 Å². The van der Waals surface area contributed by atoms with E-state index in [1.165, 1.54) is 0 Å². The molecule has 1 aromatic rings. The molecule has 154 valence electrons. The van der Waals surface area contributed by atoms with Crippen molar-refractivity contribution in [2.24, 2.45) is 0 Å². The van der Waals surface area contributed by atoms with Crippen LogP contribution in [0.25, 0.3) is 0 Å². The number of rotatable bonds is 2. The van der Waals surface area contributed by atoms with Gasteiger partial charge in [0.15, 0.2) is 9.84 Å². The number of anilines is 1. The van der Waals surface area contributed by atoms with E-state index in [1.807, 2.05) is 6.07 Å². The Hall–Kier alpha value is -1.23. The number of phenols is 1. The summed E-state index contributed by atoms with van der Waals surface area (Å²) in [6.45, 7) is 18.5. The van der Waals surface area contributed by atoms with Crippen molar-refractivity contribution in [3.63, 3.8) is 0 Å². The zero-order chi connectivity index (χ0) is 21.1. The van der Waals surface area contributed by atoms with Crippen molar-refractivity contribution >= 4 is 15.5 Å². The smallest absolute Gasteiger partial charge is 0.155 e. The fraction of sp³-hybridized carbons (Fsp3) is 0.727. The quantitative estimate of drug-likeness (QED) is 0.680. The highest BCUT2D eigenvalue weighted by Gasteiger charge is 2.47. The third kappa shape index (κ3) is 4.44. The Morgan fingerprint density at radius 2 is 1.56 bits per heavy atom. The van der Waals surface area contributed by atoms with Crippen molar-refractivity contribution in [1.82, 2.24) is 0 Å². The van der Waals surface area contributed by atoms with Crippen molar-refractivity contribution in [1.29, 1.82) is 0 Å². The molecule has 5 heteroatoms. The molecule has 1 heterocycles. The third-order valence-electron chi connectivity index (χ3n) is 5.80. The number of hydrogen-bond acceptors (Lipinski definition) is 4. The van der Waals surface area contributed by atoms with Gasteiger partial charge < -0.3 is 10.4 Å². The van der Waals surface area contributed by atoms with Crippen molar-refractivity contribution in [2.75, 3.05) is 11.1 Å². The molecule has 2 rings (SSSR count). The molecule has 0 aromatic heterocycles. The predicted octanol–water partition coefficient (Wildman–Crippen LogP) is 5.15. The van der Waals surface area contributed by atoms with E-state index < -0.39 is 20.1 Å². The van der Waals surface area contributed by atoms with E-state index >= 15 is 0 Å². The van der Waals surface area contributed by atoms with E-state index in [9.17, 15) is 13.5 Å². The Kier molecular flexibility index (Phi) is 5.23. The average Bonchev–Trinajstić information content (AvgIpc) is 2.43. The van der Waals surface area contributed by atoms with Crippen molar-refractivity contribution in [2.45, 2.75) is 96.3 Å². The number of nitrogens with one attached hydrogen (secondary N) is 1. The number of hydrogen-bond donors (Lipinski definition) is 2. The molecule has 2 N–H and O–H groups in total. The molecule has 1 saturated heterocycles. The highest BCUT2D eigenvalue weighted by Crippen LogP contribution is 2.44. The second-order valence-corrected chi connectivity index (χ2v) is 13.9. The summed E-state index contributed by atoms with van der Waals surface area (Å²) in [6.07, 6.45) is 1.04. The SMILES string of the molecule is CC1(Nc2c(O)cc(C(C)(C)C)cc2C(C)(C)C)CCS(=O)(=O)C(C)(C)C1. The molecular weight excluding hydrogens is 358 g/mol. The van der Waals surface area contributed by atoms with Crippen LogP contribution in [0.15, 0.2) is 12.1 Å². The highest BCUT2D eigenvalue weighted by molar-refractivity contribution is 7.92. The van der Waals surface area contributed by atoms with Crippen LogP contribution in [0.4, 0.5) is 5.69 Å². The Morgan fingerprint density at radius 3 is 2.00 bits per heavy atom. The van der Waals surface area contributed by atoms with Gasteiger partial charge >= 0.3 is 0 Å². The molecule has 1 aliphatic rings. The second kappa shape index (κ2) is 6.40. The molecule has 0 amide bonds. The van der Waals surface area contributed by atoms with Crippen LogP contribution in [0.1, 0.15) is 86.3 Å². The zero-order valence-corrected chi connectivity index (χ0v) is 19.3. The second-order valence-electron chi connectivity index (χ2n) is 11.1. The van der Waals surface area contributed by atoms with Gasteiger partial charge in [-0.2, -0.15) is 0 Å². The molecular formula is C22H37NO3S. The van der Waals surface area contributed by atoms with Gasteiger partial charge in [0.1, 0.15) is 5.75 Å². The minimum absolute atomic E-state index is 0.0686. The molecule has 4 nitrogen and oxygen atoms in total. The molecule has 0 saturated carbocycles. The standard InChI is InChI=1S/C22H37NO3S/c1-19(2,3)15-12-16(20(4,5)6)18(17(24)13-15)23-22(9)10-11-27(25,26)21(7,8)14-22/h12-13,23-24H,10-11,14H2,1-9H3. The lowest BCUT2D eigenvalue weighted by atomic mass is 9.78. The summed E-state index contributed by atoms with van der Waals surface area (Å²) in [4.78, 5) is 0. The van der Waals surface area contributed by atoms with Crippen LogP contribution in [-0.2, 0) is 20.7 Å². The molecule has 1 aromatic carbocycles. The Bertz CT molecular complexity index is 826. The third-order valence-corrected chi connectivity index (χ3v) is 8.37. The van der Waals surface area contributed by atoms with Gasteiger partial charge in [-0.1, -0.05) is 47.6 Å². The molecule has 0 radical (unpaired) electrons. The van der Waals surface area contributed by atoms with Crippen molar-refractivity contribution in [3.8, 4) is 5.75 Å². The summed E-state index contributed by atoms with van der Waals surface area (Å²) in [5.41, 5.74) is 2.25.